The van der Waals surface area contributed by atoms with Gasteiger partial charge in [-0.1, -0.05) is 23.2 Å². The van der Waals surface area contributed by atoms with Crippen LogP contribution >= 0.6 is 57.6 Å². The van der Waals surface area contributed by atoms with E-state index in [0.29, 0.717) is 0 Å². The van der Waals surface area contributed by atoms with Crippen molar-refractivity contribution in [3.8, 4) is 0 Å². The minimum atomic E-state index is -0.949. The zero-order valence-corrected chi connectivity index (χ0v) is 13.6. The van der Waals surface area contributed by atoms with Gasteiger partial charge < -0.3 is 9.64 Å². The number of ether oxygens (including phenoxy) is 1. The number of carbonyl (C=O) groups is 2. The molecule has 4 nitrogen and oxygen atoms in total. The lowest BCUT2D eigenvalue weighted by atomic mass is 9.98. The van der Waals surface area contributed by atoms with Gasteiger partial charge in [0.2, 0.25) is 2.88 Å². The molecule has 0 radical (unpaired) electrons. The van der Waals surface area contributed by atoms with Gasteiger partial charge in [-0.2, -0.15) is 0 Å². The van der Waals surface area contributed by atoms with E-state index in [1.807, 2.05) is 36.4 Å². The number of hydrogen-bond donors (Lipinski definition) is 0. The van der Waals surface area contributed by atoms with E-state index in [4.69, 9.17) is 27.9 Å². The summed E-state index contributed by atoms with van der Waals surface area (Å²) in [5.74, 6) is -0.712. The first kappa shape index (κ1) is 14.0. The number of nitrogens with zero attached hydrogens (tertiary/aromatic N) is 1. The van der Waals surface area contributed by atoms with E-state index in [-0.39, 0.29) is 17.3 Å². The van der Waals surface area contributed by atoms with Gasteiger partial charge >= 0.3 is 5.97 Å². The molecule has 1 amide bonds. The second kappa shape index (κ2) is 4.31. The topological polar surface area (TPSA) is 46.6 Å². The van der Waals surface area contributed by atoms with Crippen molar-refractivity contribution >= 4 is 69.4 Å². The molecular formula is C9H10Cl2INO3S. The minimum absolute atomic E-state index is 0.194. The Labute approximate surface area is 127 Å². The first-order valence-corrected chi connectivity index (χ1v) is 7.71. The van der Waals surface area contributed by atoms with Crippen molar-refractivity contribution in [1.82, 2.24) is 4.90 Å². The highest BCUT2D eigenvalue weighted by Crippen LogP contribution is 2.59. The predicted octanol–water partition coefficient (Wildman–Crippen LogP) is 2.16. The fourth-order valence-corrected chi connectivity index (χ4v) is 4.99. The minimum Gasteiger partial charge on any atom is -0.448 e. The Morgan fingerprint density at radius 2 is 2.24 bits per heavy atom. The number of halogens is 3. The quantitative estimate of drug-likeness (QED) is 0.303. The lowest BCUT2D eigenvalue weighted by Gasteiger charge is -2.46. The number of β-lactam (4-membered cyclic amide) rings is 1. The molecule has 0 aromatic heterocycles. The lowest BCUT2D eigenvalue weighted by molar-refractivity contribution is -0.160. The monoisotopic (exact) mass is 409 g/mol. The third-order valence-corrected chi connectivity index (χ3v) is 6.57. The fraction of sp³-hybridized carbons (Fsp3) is 0.778. The number of carbonyl (C=O) groups excluding carboxylic acids is 2. The van der Waals surface area contributed by atoms with E-state index < -0.39 is 19.6 Å². The molecule has 0 bridgehead atoms. The lowest BCUT2D eigenvalue weighted by Crippen LogP contribution is -2.68. The van der Waals surface area contributed by atoms with Gasteiger partial charge in [-0.05, 0) is 36.4 Å². The van der Waals surface area contributed by atoms with E-state index in [1.165, 1.54) is 16.7 Å². The second-order valence-corrected chi connectivity index (χ2v) is 9.27. The normalized spacial score (nSPS) is 38.6. The smallest absolute Gasteiger partial charge is 0.331 e. The number of thioether (sulfide) groups is 1. The largest absolute Gasteiger partial charge is 0.448 e. The maximum absolute atomic E-state index is 11.9. The average molecular weight is 410 g/mol. The molecule has 17 heavy (non-hydrogen) atoms. The fourth-order valence-electron chi connectivity index (χ4n) is 2.09. The van der Waals surface area contributed by atoms with E-state index in [2.05, 4.69) is 0 Å². The third kappa shape index (κ3) is 1.95. The van der Waals surface area contributed by atoms with Gasteiger partial charge in [0.05, 0.1) is 0 Å². The van der Waals surface area contributed by atoms with Crippen molar-refractivity contribution in [2.45, 2.75) is 32.9 Å². The predicted molar refractivity (Wildman–Crippen MR) is 75.5 cm³/mol. The van der Waals surface area contributed by atoms with Crippen LogP contribution in [-0.2, 0) is 14.3 Å². The first-order valence-electron chi connectivity index (χ1n) is 4.84. The molecule has 2 fully saturated rings. The van der Waals surface area contributed by atoms with E-state index >= 15 is 0 Å². The van der Waals surface area contributed by atoms with Crippen molar-refractivity contribution in [2.75, 3.05) is 6.07 Å². The van der Waals surface area contributed by atoms with Crippen molar-refractivity contribution in [3.05, 3.63) is 0 Å². The number of hydrogen-bond acceptors (Lipinski definition) is 4. The molecule has 0 saturated carbocycles. The Kier molecular flexibility index (Phi) is 3.56. The maximum atomic E-state index is 11.9. The summed E-state index contributed by atoms with van der Waals surface area (Å²) < 4.78 is 3.43. The van der Waals surface area contributed by atoms with Crippen LogP contribution in [0.2, 0.25) is 0 Å². The first-order chi connectivity index (χ1) is 7.73. The van der Waals surface area contributed by atoms with Crippen LogP contribution in [0.5, 0.6) is 0 Å². The molecule has 2 rings (SSSR count). The number of alkyl halides is 3. The zero-order valence-electron chi connectivity index (χ0n) is 9.08. The van der Waals surface area contributed by atoms with E-state index in [9.17, 15) is 9.59 Å². The van der Waals surface area contributed by atoms with Crippen LogP contribution in [0, 0.1) is 0 Å². The van der Waals surface area contributed by atoms with Crippen molar-refractivity contribution in [3.63, 3.8) is 0 Å². The Hall–Kier alpha value is 0.600. The summed E-state index contributed by atoms with van der Waals surface area (Å²) in [6, 6.07) is -0.829. The van der Waals surface area contributed by atoms with Crippen LogP contribution in [0.15, 0.2) is 0 Å². The SMILES string of the molecule is CC1(C)S[C@H]2N(C(=O)[C@@]2(Cl)I)[C@H]1C(=O)OCCl. The highest BCUT2D eigenvalue weighted by molar-refractivity contribution is 14.1. The van der Waals surface area contributed by atoms with Crippen LogP contribution in [0.25, 0.3) is 0 Å². The number of esters is 1. The van der Waals surface area contributed by atoms with Crippen molar-refractivity contribution in [1.29, 1.82) is 0 Å². The van der Waals surface area contributed by atoms with Crippen LogP contribution in [0.1, 0.15) is 13.8 Å². The molecule has 96 valence electrons. The highest BCUT2D eigenvalue weighted by Gasteiger charge is 2.70. The van der Waals surface area contributed by atoms with Crippen LogP contribution in [0.3, 0.4) is 0 Å². The van der Waals surface area contributed by atoms with Gasteiger partial charge in [-0.15, -0.1) is 11.8 Å². The average Bonchev–Trinajstić information content (AvgIpc) is 2.48. The number of amides is 1. The van der Waals surface area contributed by atoms with Gasteiger partial charge in [0.15, 0.2) is 6.07 Å². The summed E-state index contributed by atoms with van der Waals surface area (Å²) in [5.41, 5.74) is 0. The van der Waals surface area contributed by atoms with Crippen molar-refractivity contribution < 1.29 is 14.3 Å². The van der Waals surface area contributed by atoms with Gasteiger partial charge in [0.1, 0.15) is 11.4 Å². The van der Waals surface area contributed by atoms with Gasteiger partial charge in [0.25, 0.3) is 5.91 Å². The molecule has 0 aromatic rings. The second-order valence-electron chi connectivity index (χ2n) is 4.38. The van der Waals surface area contributed by atoms with Gasteiger partial charge in [-0.3, -0.25) is 4.79 Å². The molecule has 2 aliphatic heterocycles. The maximum Gasteiger partial charge on any atom is 0.331 e. The van der Waals surface area contributed by atoms with E-state index in [1.54, 1.807) is 0 Å². The Morgan fingerprint density at radius 3 is 2.76 bits per heavy atom. The summed E-state index contributed by atoms with van der Waals surface area (Å²) in [5, 5.41) is -0.194. The van der Waals surface area contributed by atoms with Gasteiger partial charge in [-0.25, -0.2) is 4.79 Å². The molecule has 8 heteroatoms. The van der Waals surface area contributed by atoms with Crippen LogP contribution < -0.4 is 0 Å². The molecule has 3 atom stereocenters. The highest BCUT2D eigenvalue weighted by atomic mass is 127. The Balaban J connectivity index is 2.28. The Morgan fingerprint density at radius 1 is 1.65 bits per heavy atom. The zero-order chi connectivity index (χ0) is 13.0. The summed E-state index contributed by atoms with van der Waals surface area (Å²) in [7, 11) is 0. The number of rotatable bonds is 2. The molecular weight excluding hydrogens is 400 g/mol. The summed E-state index contributed by atoms with van der Waals surface area (Å²) in [6.45, 7) is 3.79. The summed E-state index contributed by atoms with van der Waals surface area (Å²) in [6.07, 6.45) is 0. The Bertz CT molecular complexity index is 390. The molecule has 2 saturated heterocycles. The summed E-state index contributed by atoms with van der Waals surface area (Å²) in [4.78, 5) is 25.3. The molecule has 0 aromatic carbocycles. The van der Waals surface area contributed by atoms with Crippen molar-refractivity contribution in [2.24, 2.45) is 0 Å². The molecule has 2 heterocycles. The molecule has 0 unspecified atom stereocenters. The summed E-state index contributed by atoms with van der Waals surface area (Å²) >= 11 is 14.9. The standard InChI is InChI=1S/C9H10Cl2INO3S/c1-8(2)4(5(14)16-3-10)13-6(15)9(11,12)7(13)17-8/h4,7H,3H2,1-2H3/t4-,7+,9+/m0/s1. The third-order valence-electron chi connectivity index (χ3n) is 2.85. The molecule has 0 spiro atoms. The van der Waals surface area contributed by atoms with Gasteiger partial charge in [0, 0.05) is 4.75 Å². The molecule has 0 aliphatic carbocycles. The van der Waals surface area contributed by atoms with Crippen LogP contribution in [-0.4, -0.2) is 41.9 Å². The molecule has 2 aliphatic rings. The molecule has 0 N–H and O–H groups in total. The van der Waals surface area contributed by atoms with E-state index in [0.717, 1.165) is 0 Å². The number of fused-ring (bicyclic) bond motifs is 1. The van der Waals surface area contributed by atoms with Crippen LogP contribution in [0.4, 0.5) is 0 Å².